The fourth-order valence-electron chi connectivity index (χ4n) is 2.62. The first-order valence-corrected chi connectivity index (χ1v) is 7.72. The number of halogens is 1. The lowest BCUT2D eigenvalue weighted by molar-refractivity contribution is -0.115. The summed E-state index contributed by atoms with van der Waals surface area (Å²) in [4.78, 5) is 39.8. The molecule has 0 bridgehead atoms. The van der Waals surface area contributed by atoms with E-state index in [1.807, 2.05) is 0 Å². The van der Waals surface area contributed by atoms with Crippen LogP contribution in [0.4, 0.5) is 15.4 Å². The highest BCUT2D eigenvalue weighted by Crippen LogP contribution is 2.33. The van der Waals surface area contributed by atoms with Crippen molar-refractivity contribution in [3.63, 3.8) is 0 Å². The Hall–Kier alpha value is -3.14. The lowest BCUT2D eigenvalue weighted by Crippen LogP contribution is -2.33. The van der Waals surface area contributed by atoms with Crippen LogP contribution in [0.5, 0.6) is 0 Å². The predicted octanol–water partition coefficient (Wildman–Crippen LogP) is 1.21. The monoisotopic (exact) mass is 362 g/mol. The molecule has 4 amide bonds. The summed E-state index contributed by atoms with van der Waals surface area (Å²) in [5, 5.41) is 18.2. The van der Waals surface area contributed by atoms with Gasteiger partial charge < -0.3 is 10.4 Å². The van der Waals surface area contributed by atoms with Crippen molar-refractivity contribution in [3.8, 4) is 0 Å². The molecule has 11 heteroatoms. The quantitative estimate of drug-likeness (QED) is 0.427. The molecule has 1 saturated carbocycles. The molecule has 2 fully saturated rings. The first-order valence-electron chi connectivity index (χ1n) is 7.34. The summed E-state index contributed by atoms with van der Waals surface area (Å²) in [7, 11) is 0. The zero-order valence-electron chi connectivity index (χ0n) is 12.6. The highest BCUT2D eigenvalue weighted by atomic mass is 35.5. The van der Waals surface area contributed by atoms with Crippen LogP contribution in [0, 0.1) is 0 Å². The number of amides is 4. The minimum atomic E-state index is -1.11. The number of hydrogen-bond acceptors (Lipinski definition) is 5. The molecule has 25 heavy (non-hydrogen) atoms. The summed E-state index contributed by atoms with van der Waals surface area (Å²) in [5.74, 6) is -0.300. The van der Waals surface area contributed by atoms with Crippen LogP contribution in [-0.2, 0) is 4.79 Å². The molecule has 4 rings (SSSR count). The van der Waals surface area contributed by atoms with Gasteiger partial charge in [-0.2, -0.15) is 9.61 Å². The number of carbonyl (C=O) groups excluding carboxylic acids is 2. The second kappa shape index (κ2) is 5.45. The Balaban J connectivity index is 1.84. The minimum absolute atomic E-state index is 0.0421. The van der Waals surface area contributed by atoms with Gasteiger partial charge in [0.2, 0.25) is 0 Å². The van der Waals surface area contributed by atoms with Crippen molar-refractivity contribution in [2.45, 2.75) is 18.9 Å². The Kier molecular flexibility index (Phi) is 3.35. The molecule has 2 aliphatic rings. The topological polar surface area (TPSA) is 129 Å². The second-order valence-corrected chi connectivity index (χ2v) is 6.01. The average Bonchev–Trinajstić information content (AvgIpc) is 3.19. The number of anilines is 1. The molecule has 0 aromatic carbocycles. The van der Waals surface area contributed by atoms with Crippen LogP contribution in [-0.4, -0.2) is 43.8 Å². The van der Waals surface area contributed by atoms with Crippen LogP contribution in [0.25, 0.3) is 11.7 Å². The van der Waals surface area contributed by atoms with Crippen molar-refractivity contribution < 1.29 is 19.5 Å². The van der Waals surface area contributed by atoms with E-state index in [9.17, 15) is 19.5 Å². The number of nitrogens with one attached hydrogen (secondary N) is 2. The largest absolute Gasteiger partial charge is 0.465 e. The number of imide groups is 1. The number of urea groups is 1. The van der Waals surface area contributed by atoms with Crippen molar-refractivity contribution in [1.29, 1.82) is 0 Å². The van der Waals surface area contributed by atoms with E-state index in [1.165, 1.54) is 27.8 Å². The molecule has 10 nitrogen and oxygen atoms in total. The normalized spacial score (nSPS) is 18.5. The van der Waals surface area contributed by atoms with Crippen LogP contribution in [0.3, 0.4) is 0 Å². The molecular weight excluding hydrogens is 352 g/mol. The van der Waals surface area contributed by atoms with Gasteiger partial charge in [-0.05, 0) is 18.9 Å². The van der Waals surface area contributed by atoms with Gasteiger partial charge in [-0.25, -0.2) is 14.6 Å². The summed E-state index contributed by atoms with van der Waals surface area (Å²) in [6.45, 7) is 0. The van der Waals surface area contributed by atoms with Crippen LogP contribution in [0.1, 0.15) is 18.4 Å². The van der Waals surface area contributed by atoms with E-state index in [0.717, 1.165) is 12.8 Å². The Bertz CT molecular complexity index is 964. The van der Waals surface area contributed by atoms with Crippen molar-refractivity contribution in [3.05, 3.63) is 28.7 Å². The van der Waals surface area contributed by atoms with Gasteiger partial charge in [-0.3, -0.25) is 15.0 Å². The average molecular weight is 363 g/mol. The number of hydrogen-bond donors (Lipinski definition) is 3. The van der Waals surface area contributed by atoms with E-state index in [-0.39, 0.29) is 28.4 Å². The van der Waals surface area contributed by atoms with Crippen LogP contribution >= 0.6 is 11.6 Å². The lowest BCUT2D eigenvalue weighted by atomic mass is 10.2. The summed E-state index contributed by atoms with van der Waals surface area (Å²) in [5.41, 5.74) is 0.730. The van der Waals surface area contributed by atoms with Gasteiger partial charge in [0.1, 0.15) is 16.7 Å². The molecule has 0 atom stereocenters. The van der Waals surface area contributed by atoms with Crippen LogP contribution in [0.2, 0.25) is 5.15 Å². The van der Waals surface area contributed by atoms with Gasteiger partial charge in [-0.15, -0.1) is 0 Å². The second-order valence-electron chi connectivity index (χ2n) is 5.62. The third-order valence-electron chi connectivity index (χ3n) is 3.83. The highest BCUT2D eigenvalue weighted by Gasteiger charge is 2.36. The maximum absolute atomic E-state index is 11.7. The van der Waals surface area contributed by atoms with E-state index in [1.54, 1.807) is 0 Å². The Morgan fingerprint density at radius 3 is 2.76 bits per heavy atom. The number of nitrogens with zero attached hydrogens (tertiary/aromatic N) is 4. The van der Waals surface area contributed by atoms with Crippen molar-refractivity contribution in [2.75, 3.05) is 4.90 Å². The summed E-state index contributed by atoms with van der Waals surface area (Å²) >= 11 is 6.05. The molecular formula is C14H11ClN6O4. The lowest BCUT2D eigenvalue weighted by Gasteiger charge is -2.19. The highest BCUT2D eigenvalue weighted by molar-refractivity contribution is 6.29. The van der Waals surface area contributed by atoms with Crippen molar-refractivity contribution in [1.82, 2.24) is 25.2 Å². The molecule has 0 spiro atoms. The number of carbonyl (C=O) groups is 3. The third kappa shape index (κ3) is 2.66. The zero-order chi connectivity index (χ0) is 17.7. The maximum Gasteiger partial charge on any atom is 0.413 e. The zero-order valence-corrected chi connectivity index (χ0v) is 13.3. The molecule has 3 heterocycles. The molecule has 0 unspecified atom stereocenters. The Labute approximate surface area is 145 Å². The summed E-state index contributed by atoms with van der Waals surface area (Å²) in [6.07, 6.45) is 3.23. The molecule has 128 valence electrons. The smallest absolute Gasteiger partial charge is 0.413 e. The number of rotatable bonds is 3. The van der Waals surface area contributed by atoms with E-state index in [2.05, 4.69) is 20.7 Å². The molecule has 2 aromatic rings. The minimum Gasteiger partial charge on any atom is -0.465 e. The number of fused-ring (bicyclic) bond motifs is 1. The standard InChI is InChI=1S/C14H11ClN6O4/c15-9-4-10(20(14(24)25)7-1-2-7)21-11(18-9)6(5-16-21)3-8-12(22)19-13(23)17-8/h3-5,7H,1-2H2,(H,24,25)(H2,17,19,22,23)/b8-3-. The number of aromatic nitrogens is 3. The van der Waals surface area contributed by atoms with Crippen molar-refractivity contribution >= 4 is 47.2 Å². The summed E-state index contributed by atoms with van der Waals surface area (Å²) in [6, 6.07) is 0.685. The first-order chi connectivity index (χ1) is 11.9. The van der Waals surface area contributed by atoms with E-state index in [4.69, 9.17) is 11.6 Å². The molecule has 1 saturated heterocycles. The van der Waals surface area contributed by atoms with E-state index in [0.29, 0.717) is 5.56 Å². The number of carboxylic acid groups (broad SMARTS) is 1. The Morgan fingerprint density at radius 1 is 1.40 bits per heavy atom. The Morgan fingerprint density at radius 2 is 2.16 bits per heavy atom. The predicted molar refractivity (Wildman–Crippen MR) is 86.2 cm³/mol. The first kappa shape index (κ1) is 15.4. The third-order valence-corrected chi connectivity index (χ3v) is 4.03. The van der Waals surface area contributed by atoms with E-state index < -0.39 is 18.0 Å². The fraction of sp³-hybridized carbons (Fsp3) is 0.214. The van der Waals surface area contributed by atoms with Crippen LogP contribution in [0.15, 0.2) is 18.0 Å². The molecule has 3 N–H and O–H groups in total. The summed E-state index contributed by atoms with van der Waals surface area (Å²) < 4.78 is 1.35. The SMILES string of the molecule is O=C1NC(=O)/C(=C/c2cnn3c(N(C(=O)O)C4CC4)cc(Cl)nc23)N1. The fourth-order valence-corrected chi connectivity index (χ4v) is 2.80. The van der Waals surface area contributed by atoms with Gasteiger partial charge in [0, 0.05) is 17.7 Å². The van der Waals surface area contributed by atoms with E-state index >= 15 is 0 Å². The van der Waals surface area contributed by atoms with Gasteiger partial charge in [0.05, 0.1) is 6.20 Å². The van der Waals surface area contributed by atoms with Crippen molar-refractivity contribution in [2.24, 2.45) is 0 Å². The van der Waals surface area contributed by atoms with Gasteiger partial charge in [-0.1, -0.05) is 11.6 Å². The molecule has 1 aliphatic carbocycles. The van der Waals surface area contributed by atoms with Gasteiger partial charge in [0.15, 0.2) is 5.65 Å². The molecule has 1 aliphatic heterocycles. The van der Waals surface area contributed by atoms with Gasteiger partial charge in [0.25, 0.3) is 5.91 Å². The maximum atomic E-state index is 11.7. The molecule has 0 radical (unpaired) electrons. The molecule has 2 aromatic heterocycles. The van der Waals surface area contributed by atoms with Gasteiger partial charge >= 0.3 is 12.1 Å². The van der Waals surface area contributed by atoms with Crippen LogP contribution < -0.4 is 15.5 Å².